The highest BCUT2D eigenvalue weighted by Crippen LogP contribution is 2.31. The molecule has 5 aromatic rings. The van der Waals surface area contributed by atoms with E-state index in [1.807, 2.05) is 31.5 Å². The first-order valence-electron chi connectivity index (χ1n) is 12.0. The van der Waals surface area contributed by atoms with E-state index in [0.29, 0.717) is 17.8 Å². The number of nitrogens with one attached hydrogen (secondary N) is 1. The molecule has 0 bridgehead atoms. The monoisotopic (exact) mass is 486 g/mol. The fourth-order valence-electron chi connectivity index (χ4n) is 4.47. The highest BCUT2D eigenvalue weighted by atomic mass is 16.5. The molecule has 5 aromatic heterocycles. The maximum atomic E-state index is 5.48. The molecule has 1 saturated heterocycles. The summed E-state index contributed by atoms with van der Waals surface area (Å²) in [6.45, 7) is 7.74. The maximum Gasteiger partial charge on any atom is 0.324 e. The quantitative estimate of drug-likeness (QED) is 0.378. The number of piperidine rings is 1. The smallest absolute Gasteiger partial charge is 0.324 e. The first-order valence-corrected chi connectivity index (χ1v) is 12.0. The van der Waals surface area contributed by atoms with Gasteiger partial charge in [0.05, 0.1) is 17.6 Å². The van der Waals surface area contributed by atoms with Gasteiger partial charge in [-0.1, -0.05) is 19.0 Å². The molecule has 0 amide bonds. The Kier molecular flexibility index (Phi) is 5.51. The second kappa shape index (κ2) is 8.98. The number of hydrogen-bond donors (Lipinski definition) is 1. The Morgan fingerprint density at radius 3 is 2.69 bits per heavy atom. The van der Waals surface area contributed by atoms with Crippen molar-refractivity contribution in [1.29, 1.82) is 0 Å². The van der Waals surface area contributed by atoms with Gasteiger partial charge >= 0.3 is 6.01 Å². The third-order valence-electron chi connectivity index (χ3n) is 6.47. The molecule has 0 radical (unpaired) electrons. The summed E-state index contributed by atoms with van der Waals surface area (Å²) in [6.07, 6.45) is 9.05. The Balaban J connectivity index is 1.19. The van der Waals surface area contributed by atoms with Crippen LogP contribution in [0.1, 0.15) is 55.9 Å². The zero-order valence-corrected chi connectivity index (χ0v) is 20.3. The number of fused-ring (bicyclic) bond motifs is 1. The molecule has 184 valence electrons. The summed E-state index contributed by atoms with van der Waals surface area (Å²) in [5.41, 5.74) is 2.57. The molecule has 1 aliphatic heterocycles. The summed E-state index contributed by atoms with van der Waals surface area (Å²) >= 11 is 0. The van der Waals surface area contributed by atoms with E-state index < -0.39 is 0 Å². The molecule has 13 heteroatoms. The molecule has 0 saturated carbocycles. The van der Waals surface area contributed by atoms with Crippen LogP contribution >= 0.6 is 0 Å². The standard InChI is InChI=1S/C23H26N12O/c1-14(2)20-29-23(36-30-20)33-9-6-16(7-10-33)22-25-12-18-21(24-8-11-34(18)22)28-17-4-5-19(27-15(17)3)35-13-26-31-32-35/h4-5,8,11-14,16H,6-7,9-10H2,1-3H3,(H,24,28). The van der Waals surface area contributed by atoms with Crippen LogP contribution in [-0.2, 0) is 0 Å². The van der Waals surface area contributed by atoms with Gasteiger partial charge in [0.1, 0.15) is 17.7 Å². The zero-order valence-electron chi connectivity index (χ0n) is 20.3. The normalized spacial score (nSPS) is 14.7. The number of pyridine rings is 1. The van der Waals surface area contributed by atoms with Gasteiger partial charge in [-0.3, -0.25) is 4.40 Å². The molecule has 1 aliphatic rings. The van der Waals surface area contributed by atoms with Gasteiger partial charge in [0.2, 0.25) is 0 Å². The number of aromatic nitrogens is 10. The van der Waals surface area contributed by atoms with E-state index >= 15 is 0 Å². The third kappa shape index (κ3) is 4.01. The van der Waals surface area contributed by atoms with Crippen LogP contribution in [0.25, 0.3) is 11.3 Å². The molecule has 0 aliphatic carbocycles. The number of rotatable bonds is 6. The van der Waals surface area contributed by atoms with Gasteiger partial charge in [-0.25, -0.2) is 15.0 Å². The lowest BCUT2D eigenvalue weighted by molar-refractivity contribution is 0.384. The van der Waals surface area contributed by atoms with Gasteiger partial charge in [-0.05, 0) is 42.3 Å². The molecular formula is C23H26N12O. The highest BCUT2D eigenvalue weighted by molar-refractivity contribution is 5.74. The van der Waals surface area contributed by atoms with Crippen molar-refractivity contribution in [1.82, 2.24) is 49.7 Å². The van der Waals surface area contributed by atoms with Crippen molar-refractivity contribution in [2.75, 3.05) is 23.3 Å². The minimum Gasteiger partial charge on any atom is -0.337 e. The van der Waals surface area contributed by atoms with E-state index in [-0.39, 0.29) is 5.92 Å². The largest absolute Gasteiger partial charge is 0.337 e. The van der Waals surface area contributed by atoms with E-state index in [9.17, 15) is 0 Å². The summed E-state index contributed by atoms with van der Waals surface area (Å²) in [7, 11) is 0. The molecule has 6 heterocycles. The van der Waals surface area contributed by atoms with Crippen molar-refractivity contribution in [3.05, 3.63) is 54.4 Å². The van der Waals surface area contributed by atoms with Gasteiger partial charge in [-0.15, -0.1) is 5.10 Å². The molecular weight excluding hydrogens is 460 g/mol. The lowest BCUT2D eigenvalue weighted by atomic mass is 9.96. The van der Waals surface area contributed by atoms with Crippen LogP contribution < -0.4 is 10.2 Å². The number of tetrazole rings is 1. The maximum absolute atomic E-state index is 5.48. The van der Waals surface area contributed by atoms with E-state index in [1.54, 1.807) is 6.20 Å². The molecule has 0 spiro atoms. The minimum absolute atomic E-state index is 0.247. The summed E-state index contributed by atoms with van der Waals surface area (Å²) in [5, 5.41) is 18.7. The zero-order chi connectivity index (χ0) is 24.6. The van der Waals surface area contributed by atoms with E-state index in [1.165, 1.54) is 11.0 Å². The average Bonchev–Trinajstić information content (AvgIpc) is 3.66. The second-order valence-electron chi connectivity index (χ2n) is 9.18. The number of nitrogens with zero attached hydrogens (tertiary/aromatic N) is 11. The third-order valence-corrected chi connectivity index (χ3v) is 6.47. The second-order valence-corrected chi connectivity index (χ2v) is 9.18. The van der Waals surface area contributed by atoms with Gasteiger partial charge < -0.3 is 14.7 Å². The van der Waals surface area contributed by atoms with Crippen LogP contribution in [0.5, 0.6) is 0 Å². The van der Waals surface area contributed by atoms with E-state index in [4.69, 9.17) is 9.51 Å². The summed E-state index contributed by atoms with van der Waals surface area (Å²) in [5.74, 6) is 3.72. The van der Waals surface area contributed by atoms with Crippen LogP contribution in [0.15, 0.2) is 41.6 Å². The van der Waals surface area contributed by atoms with Crippen LogP contribution in [0.4, 0.5) is 17.5 Å². The van der Waals surface area contributed by atoms with Crippen molar-refractivity contribution in [3.63, 3.8) is 0 Å². The lowest BCUT2D eigenvalue weighted by Gasteiger charge is -2.29. The van der Waals surface area contributed by atoms with Crippen LogP contribution in [0.2, 0.25) is 0 Å². The van der Waals surface area contributed by atoms with Crippen molar-refractivity contribution in [2.24, 2.45) is 0 Å². The number of anilines is 3. The van der Waals surface area contributed by atoms with Crippen molar-refractivity contribution >= 4 is 23.0 Å². The number of imidazole rings is 1. The van der Waals surface area contributed by atoms with Crippen molar-refractivity contribution < 1.29 is 4.52 Å². The van der Waals surface area contributed by atoms with E-state index in [2.05, 4.69) is 64.1 Å². The molecule has 0 aromatic carbocycles. The highest BCUT2D eigenvalue weighted by Gasteiger charge is 2.27. The molecule has 0 atom stereocenters. The summed E-state index contributed by atoms with van der Waals surface area (Å²) in [6, 6.07) is 4.41. The predicted molar refractivity (Wildman–Crippen MR) is 131 cm³/mol. The first kappa shape index (κ1) is 22.1. The van der Waals surface area contributed by atoms with Crippen molar-refractivity contribution in [3.8, 4) is 5.82 Å². The number of aryl methyl sites for hydroxylation is 1. The van der Waals surface area contributed by atoms with Gasteiger partial charge in [0, 0.05) is 37.3 Å². The SMILES string of the molecule is Cc1nc(-n2cnnn2)ccc1Nc1nccn2c(C3CCN(c4nc(C(C)C)no4)CC3)ncc12. The fraction of sp³-hybridized carbons (Fsp3) is 0.391. The Morgan fingerprint density at radius 1 is 1.11 bits per heavy atom. The Hall–Kier alpha value is -4.42. The Bertz CT molecular complexity index is 1480. The molecule has 1 fully saturated rings. The van der Waals surface area contributed by atoms with Crippen LogP contribution in [-0.4, -0.2) is 62.8 Å². The number of hydrogen-bond acceptors (Lipinski definition) is 11. The summed E-state index contributed by atoms with van der Waals surface area (Å²) in [4.78, 5) is 20.7. The molecule has 13 nitrogen and oxygen atoms in total. The molecule has 6 rings (SSSR count). The van der Waals surface area contributed by atoms with Crippen LogP contribution in [0.3, 0.4) is 0 Å². The fourth-order valence-corrected chi connectivity index (χ4v) is 4.47. The Morgan fingerprint density at radius 2 is 1.97 bits per heavy atom. The molecule has 0 unspecified atom stereocenters. The molecule has 1 N–H and O–H groups in total. The van der Waals surface area contributed by atoms with Gasteiger partial charge in [0.15, 0.2) is 17.5 Å². The van der Waals surface area contributed by atoms with E-state index in [0.717, 1.165) is 60.3 Å². The first-order chi connectivity index (χ1) is 17.6. The van der Waals surface area contributed by atoms with Gasteiger partial charge in [-0.2, -0.15) is 9.67 Å². The van der Waals surface area contributed by atoms with Crippen LogP contribution in [0, 0.1) is 6.92 Å². The minimum atomic E-state index is 0.247. The topological polar surface area (TPSA) is 141 Å². The molecule has 36 heavy (non-hydrogen) atoms. The van der Waals surface area contributed by atoms with Crippen molar-refractivity contribution in [2.45, 2.75) is 45.4 Å². The predicted octanol–water partition coefficient (Wildman–Crippen LogP) is 3.04. The average molecular weight is 487 g/mol. The lowest BCUT2D eigenvalue weighted by Crippen LogP contribution is -2.33. The summed E-state index contributed by atoms with van der Waals surface area (Å²) < 4.78 is 9.13. The Labute approximate surface area is 206 Å². The van der Waals surface area contributed by atoms with Gasteiger partial charge in [0.25, 0.3) is 0 Å².